The molecule has 8 heteroatoms. The Kier molecular flexibility index (Phi) is 6.39. The molecular formula is C24H31FN6O. The Labute approximate surface area is 188 Å². The molecule has 0 radical (unpaired) electrons. The first-order valence-corrected chi connectivity index (χ1v) is 11.3. The topological polar surface area (TPSA) is 80.0 Å². The number of aromatic hydroxyl groups is 1. The summed E-state index contributed by atoms with van der Waals surface area (Å²) < 4.78 is 16.8. The molecule has 2 aromatic heterocycles. The molecule has 1 aliphatic carbocycles. The molecule has 7 nitrogen and oxygen atoms in total. The Morgan fingerprint density at radius 3 is 2.81 bits per heavy atom. The molecule has 1 aliphatic rings. The van der Waals surface area contributed by atoms with Crippen LogP contribution in [0.5, 0.6) is 5.75 Å². The van der Waals surface area contributed by atoms with Gasteiger partial charge >= 0.3 is 0 Å². The number of nitrogens with zero attached hydrogens (tertiary/aromatic N) is 6. The van der Waals surface area contributed by atoms with Crippen LogP contribution in [0.4, 0.5) is 10.3 Å². The molecule has 32 heavy (non-hydrogen) atoms. The number of alkyl halides is 1. The van der Waals surface area contributed by atoms with Crippen molar-refractivity contribution in [3.8, 4) is 22.7 Å². The first kappa shape index (κ1) is 22.2. The zero-order valence-electron chi connectivity index (χ0n) is 18.9. The van der Waals surface area contributed by atoms with Crippen LogP contribution in [-0.2, 0) is 0 Å². The third-order valence-corrected chi connectivity index (χ3v) is 6.66. The van der Waals surface area contributed by atoms with Crippen molar-refractivity contribution >= 4 is 5.95 Å². The maximum absolute atomic E-state index is 15.0. The van der Waals surface area contributed by atoms with Gasteiger partial charge in [0.1, 0.15) is 17.6 Å². The van der Waals surface area contributed by atoms with E-state index in [1.165, 1.54) is 0 Å². The highest BCUT2D eigenvalue weighted by molar-refractivity contribution is 5.68. The van der Waals surface area contributed by atoms with Crippen LogP contribution < -0.4 is 4.90 Å². The van der Waals surface area contributed by atoms with Gasteiger partial charge in [0.25, 0.3) is 0 Å². The molecule has 0 unspecified atom stereocenters. The van der Waals surface area contributed by atoms with Crippen molar-refractivity contribution in [3.63, 3.8) is 0 Å². The number of rotatable bonds is 6. The molecule has 1 saturated carbocycles. The third-order valence-electron chi connectivity index (χ3n) is 6.66. The number of imidazole rings is 1. The van der Waals surface area contributed by atoms with Gasteiger partial charge in [-0.05, 0) is 49.7 Å². The number of anilines is 1. The molecule has 1 N–H and O–H groups in total. The highest BCUT2D eigenvalue weighted by atomic mass is 19.1. The molecule has 3 atom stereocenters. The monoisotopic (exact) mass is 438 g/mol. The molecule has 0 spiro atoms. The lowest BCUT2D eigenvalue weighted by Gasteiger charge is -2.36. The van der Waals surface area contributed by atoms with E-state index in [9.17, 15) is 5.11 Å². The van der Waals surface area contributed by atoms with Gasteiger partial charge in [-0.3, -0.25) is 0 Å². The van der Waals surface area contributed by atoms with E-state index < -0.39 is 6.17 Å². The summed E-state index contributed by atoms with van der Waals surface area (Å²) in [5.74, 6) is 0.480. The lowest BCUT2D eigenvalue weighted by Crippen LogP contribution is -2.42. The van der Waals surface area contributed by atoms with Crippen LogP contribution in [-0.4, -0.2) is 49.1 Å². The third kappa shape index (κ3) is 4.59. The molecule has 0 amide bonds. The quantitative estimate of drug-likeness (QED) is 0.549. The molecule has 0 aliphatic heterocycles. The summed E-state index contributed by atoms with van der Waals surface area (Å²) in [6.45, 7) is 4.46. The summed E-state index contributed by atoms with van der Waals surface area (Å²) >= 11 is 0. The van der Waals surface area contributed by atoms with E-state index in [0.717, 1.165) is 37.8 Å². The first-order chi connectivity index (χ1) is 15.4. The average Bonchev–Trinajstić information content (AvgIpc) is 3.27. The number of phenols is 1. The minimum absolute atomic E-state index is 0.0799. The molecule has 0 bridgehead atoms. The molecule has 170 valence electrons. The average molecular weight is 439 g/mol. The number of aromatic nitrogens is 5. The van der Waals surface area contributed by atoms with Crippen LogP contribution in [0.15, 0.2) is 43.1 Å². The second-order valence-corrected chi connectivity index (χ2v) is 9.17. The summed E-state index contributed by atoms with van der Waals surface area (Å²) in [7, 11) is 1.85. The summed E-state index contributed by atoms with van der Waals surface area (Å²) in [5.41, 5.74) is 1.92. The maximum atomic E-state index is 15.0. The molecule has 4 rings (SSSR count). The van der Waals surface area contributed by atoms with Crippen LogP contribution in [0.3, 0.4) is 0 Å². The standard InChI is InChI=1S/C24H31FN6O/c1-4-9-24(2)10-5-6-19(25)21(14-24)30(3)23-27-15-20(28-29-23)18-8-7-17(13-22(18)32)31-12-11-26-16-31/h7-8,11-13,15-16,19,21,32H,4-6,9-10,14H2,1-3H3/t19-,21-,24-/m1/s1. The second-order valence-electron chi connectivity index (χ2n) is 9.17. The van der Waals surface area contributed by atoms with Crippen LogP contribution >= 0.6 is 0 Å². The van der Waals surface area contributed by atoms with Crippen LogP contribution in [0, 0.1) is 5.41 Å². The summed E-state index contributed by atoms with van der Waals surface area (Å²) in [6, 6.07) is 5.02. The zero-order valence-corrected chi connectivity index (χ0v) is 18.9. The number of phenolic OH excluding ortho intramolecular Hbond substituents is 1. The Morgan fingerprint density at radius 1 is 1.31 bits per heavy atom. The molecule has 3 aromatic rings. The highest BCUT2D eigenvalue weighted by Gasteiger charge is 2.37. The van der Waals surface area contributed by atoms with E-state index in [1.807, 2.05) is 18.0 Å². The Hall–Kier alpha value is -3.03. The number of benzene rings is 1. The van der Waals surface area contributed by atoms with Crippen molar-refractivity contribution in [2.45, 2.75) is 64.6 Å². The molecule has 2 heterocycles. The van der Waals surface area contributed by atoms with Crippen molar-refractivity contribution < 1.29 is 9.50 Å². The SMILES string of the molecule is CCC[C@]1(C)CCC[C@@H](F)[C@H](N(C)c2ncc(-c3ccc(-n4ccnc4)cc3O)nn2)C1. The summed E-state index contributed by atoms with van der Waals surface area (Å²) in [5, 5.41) is 19.1. The fourth-order valence-electron chi connectivity index (χ4n) is 4.87. The summed E-state index contributed by atoms with van der Waals surface area (Å²) in [4.78, 5) is 10.3. The lowest BCUT2D eigenvalue weighted by atomic mass is 9.77. The van der Waals surface area contributed by atoms with Crippen molar-refractivity contribution in [2.75, 3.05) is 11.9 Å². The highest BCUT2D eigenvalue weighted by Crippen LogP contribution is 2.41. The predicted octanol–water partition coefficient (Wildman–Crippen LogP) is 4.95. The number of hydrogen-bond donors (Lipinski definition) is 1. The molecule has 1 fully saturated rings. The minimum atomic E-state index is -0.915. The van der Waals surface area contributed by atoms with Crippen LogP contribution in [0.25, 0.3) is 16.9 Å². The van der Waals surface area contributed by atoms with Crippen molar-refractivity contribution in [2.24, 2.45) is 5.41 Å². The fraction of sp³-hybridized carbons (Fsp3) is 0.500. The Morgan fingerprint density at radius 2 is 2.16 bits per heavy atom. The van der Waals surface area contributed by atoms with Crippen LogP contribution in [0.1, 0.15) is 52.4 Å². The number of hydrogen-bond acceptors (Lipinski definition) is 6. The second kappa shape index (κ2) is 9.22. The zero-order chi connectivity index (χ0) is 22.7. The number of halogens is 1. The van der Waals surface area contributed by atoms with E-state index in [1.54, 1.807) is 41.6 Å². The normalized spacial score (nSPS) is 23.6. The van der Waals surface area contributed by atoms with Gasteiger partial charge < -0.3 is 14.6 Å². The van der Waals surface area contributed by atoms with E-state index in [0.29, 0.717) is 23.6 Å². The predicted molar refractivity (Wildman–Crippen MR) is 123 cm³/mol. The van der Waals surface area contributed by atoms with E-state index in [2.05, 4.69) is 34.0 Å². The first-order valence-electron chi connectivity index (χ1n) is 11.3. The fourth-order valence-corrected chi connectivity index (χ4v) is 4.87. The molecule has 1 aromatic carbocycles. The smallest absolute Gasteiger partial charge is 0.245 e. The van der Waals surface area contributed by atoms with Gasteiger partial charge in [0.05, 0.1) is 24.3 Å². The van der Waals surface area contributed by atoms with Gasteiger partial charge in [-0.25, -0.2) is 14.4 Å². The lowest BCUT2D eigenvalue weighted by molar-refractivity contribution is 0.206. The van der Waals surface area contributed by atoms with Gasteiger partial charge in [-0.1, -0.05) is 20.3 Å². The summed E-state index contributed by atoms with van der Waals surface area (Å²) in [6.07, 6.45) is 11.3. The molecular weight excluding hydrogens is 407 g/mol. The Bertz CT molecular complexity index is 1030. The van der Waals surface area contributed by atoms with Gasteiger partial charge in [-0.2, -0.15) is 0 Å². The van der Waals surface area contributed by atoms with E-state index in [4.69, 9.17) is 0 Å². The van der Waals surface area contributed by atoms with Gasteiger partial charge in [-0.15, -0.1) is 10.2 Å². The van der Waals surface area contributed by atoms with Crippen molar-refractivity contribution in [1.29, 1.82) is 0 Å². The van der Waals surface area contributed by atoms with Gasteiger partial charge in [0.2, 0.25) is 5.95 Å². The minimum Gasteiger partial charge on any atom is -0.507 e. The largest absolute Gasteiger partial charge is 0.507 e. The Balaban J connectivity index is 1.54. The van der Waals surface area contributed by atoms with Crippen molar-refractivity contribution in [1.82, 2.24) is 24.7 Å². The van der Waals surface area contributed by atoms with Gasteiger partial charge in [0.15, 0.2) is 0 Å². The van der Waals surface area contributed by atoms with Gasteiger partial charge in [0, 0.05) is 31.1 Å². The van der Waals surface area contributed by atoms with E-state index in [-0.39, 0.29) is 17.2 Å². The van der Waals surface area contributed by atoms with Crippen LogP contribution in [0.2, 0.25) is 0 Å². The van der Waals surface area contributed by atoms with Crippen molar-refractivity contribution in [3.05, 3.63) is 43.1 Å². The maximum Gasteiger partial charge on any atom is 0.245 e. The van der Waals surface area contributed by atoms with E-state index >= 15 is 4.39 Å². The molecule has 0 saturated heterocycles.